The fourth-order valence-electron chi connectivity index (χ4n) is 3.42. The molecule has 4 rings (SSSR count). The molecular weight excluding hydrogens is 404 g/mol. The van der Waals surface area contributed by atoms with Gasteiger partial charge in [0.25, 0.3) is 0 Å². The van der Waals surface area contributed by atoms with E-state index in [2.05, 4.69) is 25.8 Å². The lowest BCUT2D eigenvalue weighted by molar-refractivity contribution is -0.123. The minimum Gasteiger partial charge on any atom is -0.388 e. The molecule has 4 N–H and O–H groups in total. The number of aromatic nitrogens is 4. The van der Waals surface area contributed by atoms with E-state index in [0.717, 1.165) is 27.7 Å². The van der Waals surface area contributed by atoms with Gasteiger partial charge < -0.3 is 15.7 Å². The molecule has 164 valence electrons. The van der Waals surface area contributed by atoms with E-state index < -0.39 is 6.10 Å². The number of amides is 1. The van der Waals surface area contributed by atoms with Crippen LogP contribution in [0.5, 0.6) is 0 Å². The van der Waals surface area contributed by atoms with E-state index in [1.165, 1.54) is 0 Å². The monoisotopic (exact) mass is 430 g/mol. The highest BCUT2D eigenvalue weighted by Crippen LogP contribution is 2.26. The third kappa shape index (κ3) is 4.92. The van der Waals surface area contributed by atoms with Gasteiger partial charge in [0.05, 0.1) is 24.2 Å². The number of hydrogen-bond acceptors (Lipinski definition) is 6. The number of rotatable bonds is 7. The highest BCUT2D eigenvalue weighted by atomic mass is 16.3. The molecule has 2 aromatic carbocycles. The minimum absolute atomic E-state index is 0.000314. The molecule has 2 aromatic heterocycles. The Morgan fingerprint density at radius 1 is 1.16 bits per heavy atom. The highest BCUT2D eigenvalue weighted by molar-refractivity contribution is 5.83. The number of aliphatic hydroxyl groups excluding tert-OH is 1. The van der Waals surface area contributed by atoms with E-state index in [1.54, 1.807) is 18.5 Å². The smallest absolute Gasteiger partial charge is 0.223 e. The normalized spacial score (nSPS) is 12.2. The van der Waals surface area contributed by atoms with Crippen molar-refractivity contribution in [3.63, 3.8) is 0 Å². The summed E-state index contributed by atoms with van der Waals surface area (Å²) >= 11 is 0. The molecule has 8 nitrogen and oxygen atoms in total. The standard InChI is InChI=1S/C24H26N6O2/c1-14(2)27-22(32)11-21(31)16-5-4-6-17(9-16)24-25-12-15(3)23(29-24)28-19-7-8-20-18(10-19)13-26-30-20/h4-10,12-14,21,31H,11H2,1-3H3,(H,26,30)(H,27,32)(H,25,28,29). The van der Waals surface area contributed by atoms with Crippen molar-refractivity contribution in [1.29, 1.82) is 0 Å². The molecule has 1 amide bonds. The lowest BCUT2D eigenvalue weighted by Gasteiger charge is -2.14. The summed E-state index contributed by atoms with van der Waals surface area (Å²) in [5.41, 5.74) is 4.17. The Bertz CT molecular complexity index is 1250. The van der Waals surface area contributed by atoms with Crippen molar-refractivity contribution in [2.24, 2.45) is 0 Å². The lowest BCUT2D eigenvalue weighted by Crippen LogP contribution is -2.31. The van der Waals surface area contributed by atoms with E-state index in [4.69, 9.17) is 4.98 Å². The number of fused-ring (bicyclic) bond motifs is 1. The Morgan fingerprint density at radius 2 is 2.00 bits per heavy atom. The first-order chi connectivity index (χ1) is 15.4. The van der Waals surface area contributed by atoms with Crippen LogP contribution in [0.3, 0.4) is 0 Å². The summed E-state index contributed by atoms with van der Waals surface area (Å²) in [6, 6.07) is 13.3. The van der Waals surface area contributed by atoms with Crippen molar-refractivity contribution in [3.8, 4) is 11.4 Å². The molecule has 2 heterocycles. The number of nitrogens with zero attached hydrogens (tertiary/aromatic N) is 3. The molecule has 0 aliphatic carbocycles. The number of anilines is 2. The number of carbonyl (C=O) groups excluding carboxylic acids is 1. The largest absolute Gasteiger partial charge is 0.388 e. The van der Waals surface area contributed by atoms with Crippen molar-refractivity contribution >= 4 is 28.3 Å². The van der Waals surface area contributed by atoms with E-state index in [9.17, 15) is 9.90 Å². The van der Waals surface area contributed by atoms with Crippen LogP contribution in [-0.4, -0.2) is 37.2 Å². The highest BCUT2D eigenvalue weighted by Gasteiger charge is 2.15. The molecule has 0 bridgehead atoms. The van der Waals surface area contributed by atoms with Gasteiger partial charge in [-0.1, -0.05) is 18.2 Å². The van der Waals surface area contributed by atoms with Crippen molar-refractivity contribution in [3.05, 3.63) is 66.0 Å². The first-order valence-corrected chi connectivity index (χ1v) is 10.5. The van der Waals surface area contributed by atoms with Gasteiger partial charge in [-0.2, -0.15) is 5.10 Å². The van der Waals surface area contributed by atoms with Gasteiger partial charge in [-0.15, -0.1) is 0 Å². The van der Waals surface area contributed by atoms with Crippen molar-refractivity contribution in [2.75, 3.05) is 5.32 Å². The van der Waals surface area contributed by atoms with Crippen LogP contribution in [0.1, 0.15) is 37.5 Å². The maximum absolute atomic E-state index is 12.0. The number of H-pyrrole nitrogens is 1. The van der Waals surface area contributed by atoms with E-state index in [1.807, 2.05) is 57.2 Å². The molecule has 0 saturated carbocycles. The summed E-state index contributed by atoms with van der Waals surface area (Å²) in [7, 11) is 0. The summed E-state index contributed by atoms with van der Waals surface area (Å²) < 4.78 is 0. The van der Waals surface area contributed by atoms with Crippen molar-refractivity contribution < 1.29 is 9.90 Å². The van der Waals surface area contributed by atoms with Gasteiger partial charge in [0.2, 0.25) is 5.91 Å². The Labute approximate surface area is 186 Å². The molecule has 0 spiro atoms. The second-order valence-electron chi connectivity index (χ2n) is 8.09. The second kappa shape index (κ2) is 9.15. The number of aliphatic hydroxyl groups is 1. The third-order valence-electron chi connectivity index (χ3n) is 5.03. The fraction of sp³-hybridized carbons (Fsp3) is 0.250. The molecule has 8 heteroatoms. The van der Waals surface area contributed by atoms with Crippen LogP contribution in [0, 0.1) is 6.92 Å². The van der Waals surface area contributed by atoms with Gasteiger partial charge in [0.1, 0.15) is 5.82 Å². The molecule has 0 saturated heterocycles. The Hall–Kier alpha value is -3.78. The number of hydrogen-bond donors (Lipinski definition) is 4. The van der Waals surface area contributed by atoms with Crippen LogP contribution in [0.4, 0.5) is 11.5 Å². The van der Waals surface area contributed by atoms with Gasteiger partial charge >= 0.3 is 0 Å². The SMILES string of the molecule is Cc1cnc(-c2cccc(C(O)CC(=O)NC(C)C)c2)nc1Nc1ccc2[nH]ncc2c1. The summed E-state index contributed by atoms with van der Waals surface area (Å²) in [6.07, 6.45) is 2.63. The molecule has 1 atom stereocenters. The number of aromatic amines is 1. The van der Waals surface area contributed by atoms with Gasteiger partial charge in [-0.05, 0) is 50.6 Å². The topological polar surface area (TPSA) is 116 Å². The Balaban J connectivity index is 1.56. The summed E-state index contributed by atoms with van der Waals surface area (Å²) in [5.74, 6) is 1.04. The summed E-state index contributed by atoms with van der Waals surface area (Å²) in [5, 5.41) is 24.7. The zero-order chi connectivity index (χ0) is 22.7. The van der Waals surface area contributed by atoms with E-state index in [-0.39, 0.29) is 18.4 Å². The average molecular weight is 431 g/mol. The second-order valence-corrected chi connectivity index (χ2v) is 8.09. The van der Waals surface area contributed by atoms with Gasteiger partial charge in [-0.3, -0.25) is 9.89 Å². The van der Waals surface area contributed by atoms with Crippen molar-refractivity contribution in [2.45, 2.75) is 39.3 Å². The fourth-order valence-corrected chi connectivity index (χ4v) is 3.42. The number of benzene rings is 2. The number of carbonyl (C=O) groups is 1. The molecule has 32 heavy (non-hydrogen) atoms. The molecule has 0 radical (unpaired) electrons. The predicted octanol–water partition coefficient (Wildman–Crippen LogP) is 4.02. The predicted molar refractivity (Wildman–Crippen MR) is 124 cm³/mol. The maximum atomic E-state index is 12.0. The maximum Gasteiger partial charge on any atom is 0.223 e. The lowest BCUT2D eigenvalue weighted by atomic mass is 10.0. The van der Waals surface area contributed by atoms with E-state index >= 15 is 0 Å². The van der Waals surface area contributed by atoms with Crippen molar-refractivity contribution in [1.82, 2.24) is 25.5 Å². The third-order valence-corrected chi connectivity index (χ3v) is 5.03. The summed E-state index contributed by atoms with van der Waals surface area (Å²) in [4.78, 5) is 21.2. The van der Waals surface area contributed by atoms with Gasteiger partial charge in [0.15, 0.2) is 5.82 Å². The Kier molecular flexibility index (Phi) is 6.13. The molecule has 0 fully saturated rings. The van der Waals surface area contributed by atoms with Crippen LogP contribution < -0.4 is 10.6 Å². The van der Waals surface area contributed by atoms with Crippen LogP contribution in [0.25, 0.3) is 22.3 Å². The molecule has 1 unspecified atom stereocenters. The van der Waals surface area contributed by atoms with Gasteiger partial charge in [-0.25, -0.2) is 9.97 Å². The Morgan fingerprint density at radius 3 is 2.81 bits per heavy atom. The van der Waals surface area contributed by atoms with Gasteiger partial charge in [0, 0.05) is 34.4 Å². The molecule has 0 aliphatic rings. The summed E-state index contributed by atoms with van der Waals surface area (Å²) in [6.45, 7) is 5.72. The molecule has 4 aromatic rings. The van der Waals surface area contributed by atoms with Crippen LogP contribution in [0.2, 0.25) is 0 Å². The average Bonchev–Trinajstić information content (AvgIpc) is 3.22. The first kappa shape index (κ1) is 21.5. The first-order valence-electron chi connectivity index (χ1n) is 10.5. The quantitative estimate of drug-likeness (QED) is 0.352. The van der Waals surface area contributed by atoms with Crippen LogP contribution in [0.15, 0.2) is 54.9 Å². The number of aryl methyl sites for hydroxylation is 1. The zero-order valence-electron chi connectivity index (χ0n) is 18.3. The minimum atomic E-state index is -0.904. The van der Waals surface area contributed by atoms with Crippen LogP contribution in [-0.2, 0) is 4.79 Å². The number of nitrogens with one attached hydrogen (secondary N) is 3. The molecular formula is C24H26N6O2. The molecule has 0 aliphatic heterocycles. The van der Waals surface area contributed by atoms with E-state index in [0.29, 0.717) is 17.2 Å². The zero-order valence-corrected chi connectivity index (χ0v) is 18.3. The van der Waals surface area contributed by atoms with Crippen LogP contribution >= 0.6 is 0 Å².